The Labute approximate surface area is 165 Å². The maximum absolute atomic E-state index is 13.2. The number of carbonyl (C=O) groups excluding carboxylic acids is 2. The van der Waals surface area contributed by atoms with E-state index in [1.807, 2.05) is 74.3 Å². The molecule has 6 nitrogen and oxygen atoms in total. The number of para-hydroxylation sites is 1. The van der Waals surface area contributed by atoms with Crippen molar-refractivity contribution in [3.05, 3.63) is 59.7 Å². The molecule has 4 unspecified atom stereocenters. The van der Waals surface area contributed by atoms with E-state index in [4.69, 9.17) is 0 Å². The molecule has 2 aliphatic rings. The van der Waals surface area contributed by atoms with Gasteiger partial charge in [-0.15, -0.1) is 0 Å². The van der Waals surface area contributed by atoms with Crippen LogP contribution in [0.25, 0.3) is 0 Å². The Morgan fingerprint density at radius 1 is 1.11 bits per heavy atom. The first-order valence-corrected chi connectivity index (χ1v) is 9.71. The summed E-state index contributed by atoms with van der Waals surface area (Å²) in [6.45, 7) is 6.35. The Kier molecular flexibility index (Phi) is 4.91. The zero-order valence-electron chi connectivity index (χ0n) is 16.4. The number of ketones is 1. The van der Waals surface area contributed by atoms with E-state index in [1.54, 1.807) is 0 Å². The van der Waals surface area contributed by atoms with E-state index in [1.165, 1.54) is 5.56 Å². The van der Waals surface area contributed by atoms with Gasteiger partial charge in [-0.05, 0) is 56.2 Å². The maximum Gasteiger partial charge on any atom is 0.236 e. The lowest BCUT2D eigenvalue weighted by molar-refractivity contribution is -0.136. The fourth-order valence-corrected chi connectivity index (χ4v) is 4.10. The van der Waals surface area contributed by atoms with E-state index in [0.717, 1.165) is 16.9 Å². The number of anilines is 2. The molecular formula is C22H26N4O2. The minimum absolute atomic E-state index is 0.0106. The minimum atomic E-state index is -0.692. The highest BCUT2D eigenvalue weighted by Crippen LogP contribution is 2.31. The van der Waals surface area contributed by atoms with Gasteiger partial charge in [-0.3, -0.25) is 19.9 Å². The van der Waals surface area contributed by atoms with Gasteiger partial charge in [0.1, 0.15) is 12.1 Å². The van der Waals surface area contributed by atoms with E-state index in [2.05, 4.69) is 16.1 Å². The van der Waals surface area contributed by atoms with Gasteiger partial charge in [0.05, 0.1) is 11.6 Å². The largest absolute Gasteiger partial charge is 0.325 e. The highest BCUT2D eigenvalue weighted by molar-refractivity contribution is 6.09. The van der Waals surface area contributed by atoms with Gasteiger partial charge in [0, 0.05) is 18.3 Å². The van der Waals surface area contributed by atoms with Crippen LogP contribution in [-0.2, 0) is 9.59 Å². The van der Waals surface area contributed by atoms with E-state index in [9.17, 15) is 9.59 Å². The van der Waals surface area contributed by atoms with Crippen LogP contribution in [0.5, 0.6) is 0 Å². The van der Waals surface area contributed by atoms with Crippen molar-refractivity contribution >= 4 is 23.1 Å². The SMILES string of the molecule is Cc1ccc(NC(=O)C2CNC3C(C2=O)C(C)NN3c2ccccc2)cc1C. The zero-order chi connectivity index (χ0) is 19.8. The smallest absolute Gasteiger partial charge is 0.236 e. The normalized spacial score (nSPS) is 26.8. The molecule has 0 radical (unpaired) electrons. The van der Waals surface area contributed by atoms with Crippen LogP contribution in [0.2, 0.25) is 0 Å². The number of nitrogens with one attached hydrogen (secondary N) is 3. The third-order valence-corrected chi connectivity index (χ3v) is 5.83. The summed E-state index contributed by atoms with van der Waals surface area (Å²) in [7, 11) is 0. The van der Waals surface area contributed by atoms with Gasteiger partial charge in [-0.1, -0.05) is 24.3 Å². The van der Waals surface area contributed by atoms with Crippen molar-refractivity contribution in [1.29, 1.82) is 0 Å². The number of carbonyl (C=O) groups is 2. The molecule has 4 rings (SSSR count). The summed E-state index contributed by atoms with van der Waals surface area (Å²) in [5.41, 5.74) is 7.39. The molecule has 2 fully saturated rings. The summed E-state index contributed by atoms with van der Waals surface area (Å²) in [5, 5.41) is 8.33. The lowest BCUT2D eigenvalue weighted by atomic mass is 9.83. The lowest BCUT2D eigenvalue weighted by Gasteiger charge is -2.35. The molecule has 146 valence electrons. The molecule has 0 spiro atoms. The first-order chi connectivity index (χ1) is 13.5. The number of hydrazine groups is 1. The summed E-state index contributed by atoms with van der Waals surface area (Å²) in [5.74, 6) is -1.24. The summed E-state index contributed by atoms with van der Waals surface area (Å²) in [6.07, 6.45) is -0.157. The van der Waals surface area contributed by atoms with Crippen LogP contribution in [0.4, 0.5) is 11.4 Å². The van der Waals surface area contributed by atoms with Gasteiger partial charge in [-0.25, -0.2) is 5.43 Å². The molecule has 0 bridgehead atoms. The average Bonchev–Trinajstić information content (AvgIpc) is 3.03. The molecule has 28 heavy (non-hydrogen) atoms. The highest BCUT2D eigenvalue weighted by Gasteiger charge is 2.50. The second-order valence-electron chi connectivity index (χ2n) is 7.75. The van der Waals surface area contributed by atoms with Crippen molar-refractivity contribution in [2.75, 3.05) is 16.9 Å². The molecule has 2 aromatic carbocycles. The van der Waals surface area contributed by atoms with E-state index < -0.39 is 5.92 Å². The molecule has 0 aromatic heterocycles. The van der Waals surface area contributed by atoms with E-state index in [-0.39, 0.29) is 29.8 Å². The molecule has 6 heteroatoms. The number of fused-ring (bicyclic) bond motifs is 1. The Morgan fingerprint density at radius 2 is 1.86 bits per heavy atom. The third-order valence-electron chi connectivity index (χ3n) is 5.83. The van der Waals surface area contributed by atoms with Crippen molar-refractivity contribution in [1.82, 2.24) is 10.7 Å². The van der Waals surface area contributed by atoms with Gasteiger partial charge in [0.25, 0.3) is 0 Å². The first-order valence-electron chi connectivity index (χ1n) is 9.71. The number of Topliss-reactive ketones (excluding diaryl/α,β-unsaturated/α-hetero) is 1. The van der Waals surface area contributed by atoms with Crippen LogP contribution >= 0.6 is 0 Å². The molecule has 2 aliphatic heterocycles. The fraction of sp³-hybridized carbons (Fsp3) is 0.364. The zero-order valence-corrected chi connectivity index (χ0v) is 16.4. The maximum atomic E-state index is 13.2. The average molecular weight is 378 g/mol. The second kappa shape index (κ2) is 7.37. The standard InChI is InChI=1S/C22H26N4O2/c1-13-9-10-16(11-14(13)2)24-22(28)18-12-23-21-19(20(18)27)15(3)25-26(21)17-7-5-4-6-8-17/h4-11,15,18-19,21,23,25H,12H2,1-3H3,(H,24,28). The number of nitrogens with zero attached hydrogens (tertiary/aromatic N) is 1. The number of rotatable bonds is 3. The van der Waals surface area contributed by atoms with Crippen molar-refractivity contribution < 1.29 is 9.59 Å². The molecule has 1 amide bonds. The Morgan fingerprint density at radius 3 is 2.57 bits per heavy atom. The quantitative estimate of drug-likeness (QED) is 0.715. The van der Waals surface area contributed by atoms with Crippen molar-refractivity contribution in [2.45, 2.75) is 33.0 Å². The molecule has 2 heterocycles. The summed E-state index contributed by atoms with van der Waals surface area (Å²) < 4.78 is 0. The second-order valence-corrected chi connectivity index (χ2v) is 7.75. The number of aryl methyl sites for hydroxylation is 2. The number of benzene rings is 2. The van der Waals surface area contributed by atoms with Gasteiger partial charge in [-0.2, -0.15) is 0 Å². The van der Waals surface area contributed by atoms with Gasteiger partial charge in [0.15, 0.2) is 5.78 Å². The van der Waals surface area contributed by atoms with Crippen LogP contribution in [-0.4, -0.2) is 30.4 Å². The molecule has 2 saturated heterocycles. The fourth-order valence-electron chi connectivity index (χ4n) is 4.10. The predicted molar refractivity (Wildman–Crippen MR) is 110 cm³/mol. The predicted octanol–water partition coefficient (Wildman–Crippen LogP) is 2.39. The van der Waals surface area contributed by atoms with Crippen molar-refractivity contribution in [3.63, 3.8) is 0 Å². The summed E-state index contributed by atoms with van der Waals surface area (Å²) in [6, 6.07) is 15.7. The molecule has 3 N–H and O–H groups in total. The number of hydrogen-bond donors (Lipinski definition) is 3. The van der Waals surface area contributed by atoms with Crippen molar-refractivity contribution in [2.24, 2.45) is 11.8 Å². The third kappa shape index (κ3) is 3.30. The molecule has 0 aliphatic carbocycles. The number of hydrogen-bond acceptors (Lipinski definition) is 5. The Bertz CT molecular complexity index is 899. The topological polar surface area (TPSA) is 73.5 Å². The van der Waals surface area contributed by atoms with Crippen LogP contribution in [0.15, 0.2) is 48.5 Å². The van der Waals surface area contributed by atoms with Gasteiger partial charge >= 0.3 is 0 Å². The summed E-state index contributed by atoms with van der Waals surface area (Å²) >= 11 is 0. The highest BCUT2D eigenvalue weighted by atomic mass is 16.2. The molecule has 0 saturated carbocycles. The van der Waals surface area contributed by atoms with Gasteiger partial charge in [0.2, 0.25) is 5.91 Å². The molecule has 4 atom stereocenters. The monoisotopic (exact) mass is 378 g/mol. The number of amides is 1. The minimum Gasteiger partial charge on any atom is -0.325 e. The Hall–Kier alpha value is -2.70. The van der Waals surface area contributed by atoms with Crippen LogP contribution in [0.3, 0.4) is 0 Å². The number of piperidine rings is 1. The summed E-state index contributed by atoms with van der Waals surface area (Å²) in [4.78, 5) is 26.0. The van der Waals surface area contributed by atoms with Crippen LogP contribution in [0, 0.1) is 25.7 Å². The Balaban J connectivity index is 1.50. The van der Waals surface area contributed by atoms with E-state index >= 15 is 0 Å². The lowest BCUT2D eigenvalue weighted by Crippen LogP contribution is -2.58. The molecule has 2 aromatic rings. The van der Waals surface area contributed by atoms with Crippen LogP contribution in [0.1, 0.15) is 18.1 Å². The van der Waals surface area contributed by atoms with E-state index in [0.29, 0.717) is 6.54 Å². The first kappa shape index (κ1) is 18.7. The molecular weight excluding hydrogens is 352 g/mol. The van der Waals surface area contributed by atoms with Crippen molar-refractivity contribution in [3.8, 4) is 0 Å². The van der Waals surface area contributed by atoms with Crippen LogP contribution < -0.4 is 21.1 Å². The van der Waals surface area contributed by atoms with Gasteiger partial charge < -0.3 is 5.32 Å².